The van der Waals surface area contributed by atoms with Crippen LogP contribution < -0.4 is 10.6 Å². The number of ether oxygens (including phenoxy) is 1. The molecular weight excluding hydrogens is 244 g/mol. The second-order valence-corrected chi connectivity index (χ2v) is 4.28. The number of amides is 1. The van der Waals surface area contributed by atoms with Crippen molar-refractivity contribution in [3.05, 3.63) is 35.4 Å². The van der Waals surface area contributed by atoms with E-state index in [0.29, 0.717) is 19.7 Å². The number of aliphatic hydroxyl groups excluding tert-OH is 1. The molecule has 1 aromatic carbocycles. The summed E-state index contributed by atoms with van der Waals surface area (Å²) >= 11 is 0. The van der Waals surface area contributed by atoms with Crippen molar-refractivity contribution in [3.63, 3.8) is 0 Å². The summed E-state index contributed by atoms with van der Waals surface area (Å²) in [6.45, 7) is 2.22. The normalized spacial score (nSPS) is 10.4. The van der Waals surface area contributed by atoms with Crippen LogP contribution in [0.15, 0.2) is 24.3 Å². The molecule has 0 saturated carbocycles. The molecule has 1 amide bonds. The number of benzene rings is 1. The summed E-state index contributed by atoms with van der Waals surface area (Å²) in [6, 6.07) is 7.64. The highest BCUT2D eigenvalue weighted by atomic mass is 16.5. The van der Waals surface area contributed by atoms with E-state index >= 15 is 0 Å². The zero-order valence-corrected chi connectivity index (χ0v) is 11.3. The Morgan fingerprint density at radius 3 is 2.89 bits per heavy atom. The van der Waals surface area contributed by atoms with Gasteiger partial charge < -0.3 is 20.5 Å². The molecule has 0 aliphatic carbocycles. The Morgan fingerprint density at radius 1 is 1.37 bits per heavy atom. The first-order valence-corrected chi connectivity index (χ1v) is 6.41. The Morgan fingerprint density at radius 2 is 2.16 bits per heavy atom. The second-order valence-electron chi connectivity index (χ2n) is 4.28. The lowest BCUT2D eigenvalue weighted by atomic mass is 10.1. The van der Waals surface area contributed by atoms with Gasteiger partial charge in [0, 0.05) is 26.8 Å². The van der Waals surface area contributed by atoms with Crippen LogP contribution in [0, 0.1) is 0 Å². The first-order chi connectivity index (χ1) is 9.26. The summed E-state index contributed by atoms with van der Waals surface area (Å²) in [6.07, 6.45) is 0.820. The zero-order valence-electron chi connectivity index (χ0n) is 11.3. The van der Waals surface area contributed by atoms with Crippen molar-refractivity contribution >= 4 is 5.91 Å². The predicted molar refractivity (Wildman–Crippen MR) is 73.6 cm³/mol. The maximum Gasteiger partial charge on any atom is 0.233 e. The largest absolute Gasteiger partial charge is 0.392 e. The van der Waals surface area contributed by atoms with Crippen LogP contribution in [0.25, 0.3) is 0 Å². The van der Waals surface area contributed by atoms with Gasteiger partial charge in [-0.3, -0.25) is 4.79 Å². The lowest BCUT2D eigenvalue weighted by molar-refractivity contribution is -0.120. The molecule has 5 heteroatoms. The Labute approximate surface area is 114 Å². The van der Waals surface area contributed by atoms with E-state index in [1.54, 1.807) is 7.11 Å². The van der Waals surface area contributed by atoms with Crippen LogP contribution in [-0.4, -0.2) is 37.8 Å². The molecule has 1 rings (SSSR count). The lowest BCUT2D eigenvalue weighted by Crippen LogP contribution is -2.34. The summed E-state index contributed by atoms with van der Waals surface area (Å²) < 4.78 is 4.90. The Bertz CT molecular complexity index is 383. The number of hydrogen-bond acceptors (Lipinski definition) is 4. The summed E-state index contributed by atoms with van der Waals surface area (Å²) in [7, 11) is 1.64. The minimum absolute atomic E-state index is 0.0191. The van der Waals surface area contributed by atoms with Crippen LogP contribution in [0.2, 0.25) is 0 Å². The maximum atomic E-state index is 11.5. The highest BCUT2D eigenvalue weighted by Gasteiger charge is 2.00. The van der Waals surface area contributed by atoms with Crippen molar-refractivity contribution in [2.45, 2.75) is 19.6 Å². The maximum absolute atomic E-state index is 11.5. The third kappa shape index (κ3) is 6.91. The van der Waals surface area contributed by atoms with E-state index in [0.717, 1.165) is 17.5 Å². The first kappa shape index (κ1) is 15.6. The third-order valence-corrected chi connectivity index (χ3v) is 2.64. The summed E-state index contributed by atoms with van der Waals surface area (Å²) in [5.74, 6) is -0.0191. The molecule has 0 bridgehead atoms. The van der Waals surface area contributed by atoms with Gasteiger partial charge in [0.1, 0.15) is 0 Å². The van der Waals surface area contributed by atoms with Crippen LogP contribution >= 0.6 is 0 Å². The van der Waals surface area contributed by atoms with Crippen molar-refractivity contribution in [3.8, 4) is 0 Å². The zero-order chi connectivity index (χ0) is 13.9. The van der Waals surface area contributed by atoms with Crippen molar-refractivity contribution < 1.29 is 14.6 Å². The van der Waals surface area contributed by atoms with Gasteiger partial charge in [0.15, 0.2) is 0 Å². The molecule has 0 spiro atoms. The Hall–Kier alpha value is -1.43. The second kappa shape index (κ2) is 9.49. The Balaban J connectivity index is 2.16. The van der Waals surface area contributed by atoms with Gasteiger partial charge in [-0.25, -0.2) is 0 Å². The fraction of sp³-hybridized carbons (Fsp3) is 0.500. The van der Waals surface area contributed by atoms with E-state index < -0.39 is 0 Å². The van der Waals surface area contributed by atoms with Gasteiger partial charge in [-0.05, 0) is 17.5 Å². The van der Waals surface area contributed by atoms with Crippen LogP contribution in [-0.2, 0) is 22.7 Å². The number of aliphatic hydroxyl groups is 1. The number of carbonyl (C=O) groups is 1. The third-order valence-electron chi connectivity index (χ3n) is 2.64. The van der Waals surface area contributed by atoms with Crippen molar-refractivity contribution in [2.24, 2.45) is 0 Å². The molecule has 1 aromatic rings. The van der Waals surface area contributed by atoms with E-state index in [-0.39, 0.29) is 19.1 Å². The van der Waals surface area contributed by atoms with Gasteiger partial charge >= 0.3 is 0 Å². The van der Waals surface area contributed by atoms with Crippen LogP contribution in [0.4, 0.5) is 0 Å². The average Bonchev–Trinajstić information content (AvgIpc) is 2.44. The lowest BCUT2D eigenvalue weighted by Gasteiger charge is -2.07. The highest BCUT2D eigenvalue weighted by Crippen LogP contribution is 2.04. The van der Waals surface area contributed by atoms with Crippen molar-refractivity contribution in [1.29, 1.82) is 0 Å². The monoisotopic (exact) mass is 266 g/mol. The fourth-order valence-corrected chi connectivity index (χ4v) is 1.67. The van der Waals surface area contributed by atoms with Crippen LogP contribution in [0.5, 0.6) is 0 Å². The van der Waals surface area contributed by atoms with E-state index in [2.05, 4.69) is 10.6 Å². The quantitative estimate of drug-likeness (QED) is 0.567. The molecular formula is C14H22N2O3. The molecule has 106 valence electrons. The molecule has 5 nitrogen and oxygen atoms in total. The molecule has 0 aromatic heterocycles. The summed E-state index contributed by atoms with van der Waals surface area (Å²) in [5, 5.41) is 14.9. The molecule has 0 aliphatic heterocycles. The number of nitrogens with one attached hydrogen (secondary N) is 2. The topological polar surface area (TPSA) is 70.6 Å². The van der Waals surface area contributed by atoms with Gasteiger partial charge in [-0.15, -0.1) is 0 Å². The molecule has 0 fully saturated rings. The molecule has 0 atom stereocenters. The van der Waals surface area contributed by atoms with Crippen molar-refractivity contribution in [2.75, 3.05) is 26.8 Å². The Kier molecular flexibility index (Phi) is 7.81. The molecule has 3 N–H and O–H groups in total. The van der Waals surface area contributed by atoms with Crippen molar-refractivity contribution in [1.82, 2.24) is 10.6 Å². The fourth-order valence-electron chi connectivity index (χ4n) is 1.67. The number of hydrogen-bond donors (Lipinski definition) is 3. The average molecular weight is 266 g/mol. The SMILES string of the molecule is COCCCNC(=O)CNCc1cccc(CO)c1. The van der Waals surface area contributed by atoms with Gasteiger partial charge in [0.05, 0.1) is 13.2 Å². The first-order valence-electron chi connectivity index (χ1n) is 6.41. The number of carbonyl (C=O) groups excluding carboxylic acids is 1. The van der Waals surface area contributed by atoms with Crippen LogP contribution in [0.3, 0.4) is 0 Å². The minimum atomic E-state index is -0.0191. The van der Waals surface area contributed by atoms with Gasteiger partial charge in [-0.2, -0.15) is 0 Å². The molecule has 0 radical (unpaired) electrons. The molecule has 0 heterocycles. The molecule has 0 aliphatic rings. The summed E-state index contributed by atoms with van der Waals surface area (Å²) in [5.41, 5.74) is 1.93. The summed E-state index contributed by atoms with van der Waals surface area (Å²) in [4.78, 5) is 11.5. The minimum Gasteiger partial charge on any atom is -0.392 e. The number of rotatable bonds is 9. The van der Waals surface area contributed by atoms with Gasteiger partial charge in [0.25, 0.3) is 0 Å². The van der Waals surface area contributed by atoms with E-state index in [1.807, 2.05) is 24.3 Å². The highest BCUT2D eigenvalue weighted by molar-refractivity contribution is 5.77. The van der Waals surface area contributed by atoms with Crippen LogP contribution in [0.1, 0.15) is 17.5 Å². The molecule has 19 heavy (non-hydrogen) atoms. The van der Waals surface area contributed by atoms with E-state index in [4.69, 9.17) is 9.84 Å². The predicted octanol–water partition coefficient (Wildman–Crippen LogP) is 0.421. The number of methoxy groups -OCH3 is 1. The van der Waals surface area contributed by atoms with Gasteiger partial charge in [0.2, 0.25) is 5.91 Å². The van der Waals surface area contributed by atoms with Gasteiger partial charge in [-0.1, -0.05) is 24.3 Å². The van der Waals surface area contributed by atoms with E-state index in [9.17, 15) is 4.79 Å². The molecule has 0 saturated heterocycles. The van der Waals surface area contributed by atoms with E-state index in [1.165, 1.54) is 0 Å². The smallest absolute Gasteiger partial charge is 0.233 e. The standard InChI is InChI=1S/C14H22N2O3/c1-19-7-3-6-16-14(18)10-15-9-12-4-2-5-13(8-12)11-17/h2,4-5,8,15,17H,3,6-7,9-11H2,1H3,(H,16,18). The molecule has 0 unspecified atom stereocenters.